The topological polar surface area (TPSA) is 72.5 Å². The molecule has 0 radical (unpaired) electrons. The molecule has 140 valence electrons. The van der Waals surface area contributed by atoms with Crippen molar-refractivity contribution >= 4 is 17.5 Å². The number of benzene rings is 1. The fraction of sp³-hybridized carbons (Fsp3) is 0.476. The van der Waals surface area contributed by atoms with Gasteiger partial charge in [0.15, 0.2) is 11.6 Å². The lowest BCUT2D eigenvalue weighted by Gasteiger charge is -2.23. The summed E-state index contributed by atoms with van der Waals surface area (Å²) < 4.78 is 4.97. The van der Waals surface area contributed by atoms with Gasteiger partial charge in [0.1, 0.15) is 0 Å². The second-order valence-corrected chi connectivity index (χ2v) is 6.63. The SMILES string of the molecule is CCCCC(CC1=C(C)C(=O)c2ccccc2C1=O)C(=O)NCCOC. The standard InChI is InChI=1S/C21H27NO4/c1-4-5-8-15(21(25)22-11-12-26-3)13-18-14(2)19(23)16-9-6-7-10-17(16)20(18)24/h6-7,9-10,15H,4-5,8,11-13H2,1-3H3,(H,22,25). The normalized spacial score (nSPS) is 15.0. The average molecular weight is 357 g/mol. The van der Waals surface area contributed by atoms with E-state index in [9.17, 15) is 14.4 Å². The minimum absolute atomic E-state index is 0.0880. The van der Waals surface area contributed by atoms with Crippen molar-refractivity contribution < 1.29 is 19.1 Å². The molecule has 1 amide bonds. The highest BCUT2D eigenvalue weighted by molar-refractivity contribution is 6.26. The summed E-state index contributed by atoms with van der Waals surface area (Å²) in [7, 11) is 1.58. The molecule has 0 heterocycles. The molecule has 26 heavy (non-hydrogen) atoms. The Hall–Kier alpha value is -2.27. The van der Waals surface area contributed by atoms with E-state index in [0.29, 0.717) is 48.3 Å². The van der Waals surface area contributed by atoms with Gasteiger partial charge in [-0.15, -0.1) is 0 Å². The number of Topliss-reactive ketones (excluding diaryl/α,β-unsaturated/α-hetero) is 2. The van der Waals surface area contributed by atoms with E-state index in [1.54, 1.807) is 38.3 Å². The number of ether oxygens (including phenoxy) is 1. The maximum atomic E-state index is 12.9. The maximum absolute atomic E-state index is 12.9. The third kappa shape index (κ3) is 4.47. The molecule has 1 aliphatic rings. The van der Waals surface area contributed by atoms with E-state index in [4.69, 9.17) is 4.74 Å². The molecule has 1 atom stereocenters. The lowest BCUT2D eigenvalue weighted by atomic mass is 9.80. The van der Waals surface area contributed by atoms with Crippen LogP contribution in [0.5, 0.6) is 0 Å². The van der Waals surface area contributed by atoms with Gasteiger partial charge in [0.2, 0.25) is 5.91 Å². The first kappa shape index (κ1) is 20.0. The van der Waals surface area contributed by atoms with Crippen LogP contribution in [0.25, 0.3) is 0 Å². The van der Waals surface area contributed by atoms with Crippen molar-refractivity contribution in [3.8, 4) is 0 Å². The van der Waals surface area contributed by atoms with Crippen molar-refractivity contribution in [3.63, 3.8) is 0 Å². The van der Waals surface area contributed by atoms with Gasteiger partial charge in [-0.05, 0) is 19.8 Å². The number of hydrogen-bond donors (Lipinski definition) is 1. The molecule has 2 rings (SSSR count). The number of amides is 1. The minimum Gasteiger partial charge on any atom is -0.383 e. The van der Waals surface area contributed by atoms with E-state index >= 15 is 0 Å². The molecule has 0 saturated carbocycles. The van der Waals surface area contributed by atoms with Crippen molar-refractivity contribution in [1.29, 1.82) is 0 Å². The lowest BCUT2D eigenvalue weighted by Crippen LogP contribution is -2.34. The Morgan fingerprint density at radius 3 is 2.42 bits per heavy atom. The number of hydrogen-bond acceptors (Lipinski definition) is 4. The summed E-state index contributed by atoms with van der Waals surface area (Å²) >= 11 is 0. The Labute approximate surface area is 154 Å². The van der Waals surface area contributed by atoms with Crippen LogP contribution in [0, 0.1) is 5.92 Å². The Morgan fingerprint density at radius 1 is 1.15 bits per heavy atom. The van der Waals surface area contributed by atoms with Gasteiger partial charge in [0.05, 0.1) is 6.61 Å². The van der Waals surface area contributed by atoms with Crippen LogP contribution in [0.2, 0.25) is 0 Å². The molecule has 5 heteroatoms. The Balaban J connectivity index is 2.23. The summed E-state index contributed by atoms with van der Waals surface area (Å²) in [5, 5.41) is 2.86. The second kappa shape index (κ2) is 9.43. The highest BCUT2D eigenvalue weighted by Gasteiger charge is 2.32. The number of ketones is 2. The van der Waals surface area contributed by atoms with E-state index in [1.807, 2.05) is 0 Å². The number of unbranched alkanes of at least 4 members (excludes halogenated alkanes) is 1. The number of carbonyl (C=O) groups is 3. The van der Waals surface area contributed by atoms with Crippen molar-refractivity contribution in [1.82, 2.24) is 5.32 Å². The van der Waals surface area contributed by atoms with Gasteiger partial charge in [-0.2, -0.15) is 0 Å². The van der Waals surface area contributed by atoms with Crippen LogP contribution in [0.1, 0.15) is 60.2 Å². The Kier molecular flexibility index (Phi) is 7.27. The van der Waals surface area contributed by atoms with Gasteiger partial charge >= 0.3 is 0 Å². The molecule has 1 N–H and O–H groups in total. The minimum atomic E-state index is -0.321. The van der Waals surface area contributed by atoms with Gasteiger partial charge < -0.3 is 10.1 Å². The molecule has 0 spiro atoms. The number of methoxy groups -OCH3 is 1. The van der Waals surface area contributed by atoms with Gasteiger partial charge in [0.25, 0.3) is 0 Å². The fourth-order valence-corrected chi connectivity index (χ4v) is 3.24. The highest BCUT2D eigenvalue weighted by Crippen LogP contribution is 2.31. The van der Waals surface area contributed by atoms with Gasteiger partial charge in [-0.1, -0.05) is 44.0 Å². The molecule has 1 aliphatic carbocycles. The summed E-state index contributed by atoms with van der Waals surface area (Å²) in [6.07, 6.45) is 2.85. The van der Waals surface area contributed by atoms with Crippen LogP contribution in [0.15, 0.2) is 35.4 Å². The number of carbonyl (C=O) groups excluding carboxylic acids is 3. The zero-order valence-electron chi connectivity index (χ0n) is 15.8. The van der Waals surface area contributed by atoms with E-state index < -0.39 is 0 Å². The van der Waals surface area contributed by atoms with E-state index in [1.165, 1.54) is 0 Å². The Bertz CT molecular complexity index is 720. The quantitative estimate of drug-likeness (QED) is 0.688. The monoisotopic (exact) mass is 357 g/mol. The molecular weight excluding hydrogens is 330 g/mol. The van der Waals surface area contributed by atoms with Crippen LogP contribution in [0.4, 0.5) is 0 Å². The first-order valence-electron chi connectivity index (χ1n) is 9.16. The predicted octanol–water partition coefficient (Wildman–Crippen LogP) is 3.34. The van der Waals surface area contributed by atoms with E-state index in [0.717, 1.165) is 12.8 Å². The summed E-state index contributed by atoms with van der Waals surface area (Å²) in [6.45, 7) is 4.63. The van der Waals surface area contributed by atoms with E-state index in [-0.39, 0.29) is 23.4 Å². The number of fused-ring (bicyclic) bond motifs is 1. The van der Waals surface area contributed by atoms with Gasteiger partial charge in [0, 0.05) is 41.8 Å². The van der Waals surface area contributed by atoms with Crippen LogP contribution >= 0.6 is 0 Å². The molecule has 1 aromatic rings. The Morgan fingerprint density at radius 2 is 1.81 bits per heavy atom. The largest absolute Gasteiger partial charge is 0.383 e. The molecule has 0 bridgehead atoms. The van der Waals surface area contributed by atoms with Crippen LogP contribution < -0.4 is 5.32 Å². The number of allylic oxidation sites excluding steroid dienone is 2. The zero-order chi connectivity index (χ0) is 19.1. The molecule has 5 nitrogen and oxygen atoms in total. The van der Waals surface area contributed by atoms with Crippen LogP contribution in [-0.4, -0.2) is 37.7 Å². The number of nitrogens with one attached hydrogen (secondary N) is 1. The third-order valence-corrected chi connectivity index (χ3v) is 4.82. The summed E-state index contributed by atoms with van der Waals surface area (Å²) in [4.78, 5) is 38.1. The second-order valence-electron chi connectivity index (χ2n) is 6.63. The van der Waals surface area contributed by atoms with Crippen LogP contribution in [0.3, 0.4) is 0 Å². The van der Waals surface area contributed by atoms with Crippen molar-refractivity contribution in [2.45, 2.75) is 39.5 Å². The first-order chi connectivity index (χ1) is 12.5. The van der Waals surface area contributed by atoms with E-state index in [2.05, 4.69) is 12.2 Å². The number of rotatable bonds is 9. The summed E-state index contributed by atoms with van der Waals surface area (Å²) in [5.74, 6) is -0.665. The van der Waals surface area contributed by atoms with Crippen molar-refractivity contribution in [2.75, 3.05) is 20.3 Å². The lowest BCUT2D eigenvalue weighted by molar-refractivity contribution is -0.125. The maximum Gasteiger partial charge on any atom is 0.223 e. The highest BCUT2D eigenvalue weighted by atomic mass is 16.5. The molecule has 1 aromatic carbocycles. The smallest absolute Gasteiger partial charge is 0.223 e. The molecule has 0 saturated heterocycles. The molecular formula is C21H27NO4. The predicted molar refractivity (Wildman–Crippen MR) is 100 cm³/mol. The molecule has 0 fully saturated rings. The summed E-state index contributed by atoms with van der Waals surface area (Å²) in [6, 6.07) is 6.88. The van der Waals surface area contributed by atoms with Crippen LogP contribution in [-0.2, 0) is 9.53 Å². The molecule has 0 aliphatic heterocycles. The fourth-order valence-electron chi connectivity index (χ4n) is 3.24. The average Bonchev–Trinajstić information content (AvgIpc) is 2.65. The van der Waals surface area contributed by atoms with Crippen molar-refractivity contribution in [2.24, 2.45) is 5.92 Å². The zero-order valence-corrected chi connectivity index (χ0v) is 15.8. The third-order valence-electron chi connectivity index (χ3n) is 4.82. The summed E-state index contributed by atoms with van der Waals surface area (Å²) in [5.41, 5.74) is 1.82. The van der Waals surface area contributed by atoms with Gasteiger partial charge in [-0.3, -0.25) is 14.4 Å². The molecule has 0 aromatic heterocycles. The molecule has 1 unspecified atom stereocenters. The van der Waals surface area contributed by atoms with Gasteiger partial charge in [-0.25, -0.2) is 0 Å². The van der Waals surface area contributed by atoms with Crippen molar-refractivity contribution in [3.05, 3.63) is 46.5 Å². The first-order valence-corrected chi connectivity index (χ1v) is 9.16.